The van der Waals surface area contributed by atoms with Crippen molar-refractivity contribution in [2.45, 2.75) is 0 Å². The molecular formula is CuFe2Ni2. The maximum absolute atomic E-state index is 0. The Hall–Kier alpha value is 2.55. The molecule has 0 saturated carbocycles. The molecule has 0 aliphatic rings. The van der Waals surface area contributed by atoms with Gasteiger partial charge < -0.3 is 0 Å². The molecule has 0 aromatic heterocycles. The molecule has 0 aromatic rings. The molecule has 0 aliphatic heterocycles. The second-order valence-corrected chi connectivity index (χ2v) is 0. The van der Waals surface area contributed by atoms with E-state index in [1.807, 2.05) is 0 Å². The molecule has 0 saturated heterocycles. The first-order valence-electron chi connectivity index (χ1n) is 0. The van der Waals surface area contributed by atoms with E-state index in [-0.39, 0.29) is 84.2 Å². The molecule has 0 N–H and O–H groups in total. The Labute approximate surface area is 83.2 Å². The van der Waals surface area contributed by atoms with Crippen LogP contribution in [0.3, 0.4) is 0 Å². The monoisotopic (exact) mass is 291 g/mol. The fourth-order valence-corrected chi connectivity index (χ4v) is 0. The molecule has 0 amide bonds. The van der Waals surface area contributed by atoms with E-state index < -0.39 is 0 Å². The van der Waals surface area contributed by atoms with Crippen molar-refractivity contribution in [2.24, 2.45) is 0 Å². The van der Waals surface area contributed by atoms with Gasteiger partial charge in [-0.1, -0.05) is 0 Å². The maximum atomic E-state index is 0. The Morgan fingerprint density at radius 2 is 0.600 bits per heavy atom. The summed E-state index contributed by atoms with van der Waals surface area (Å²) in [6.45, 7) is 0. The van der Waals surface area contributed by atoms with Gasteiger partial charge in [0.1, 0.15) is 0 Å². The van der Waals surface area contributed by atoms with Gasteiger partial charge in [-0.15, -0.1) is 0 Å². The average molecular weight is 293 g/mol. The zero-order valence-electron chi connectivity index (χ0n) is 1.64. The number of hydrogen-bond acceptors (Lipinski definition) is 0. The van der Waals surface area contributed by atoms with E-state index in [1.54, 1.807) is 0 Å². The van der Waals surface area contributed by atoms with E-state index in [0.717, 1.165) is 0 Å². The third-order valence-corrected chi connectivity index (χ3v) is 0. The van der Waals surface area contributed by atoms with Gasteiger partial charge in [0.15, 0.2) is 0 Å². The van der Waals surface area contributed by atoms with Crippen molar-refractivity contribution in [3.63, 3.8) is 0 Å². The number of hydrogen-bond donors (Lipinski definition) is 0. The Morgan fingerprint density at radius 1 is 0.600 bits per heavy atom. The van der Waals surface area contributed by atoms with Crippen molar-refractivity contribution in [3.8, 4) is 0 Å². The van der Waals surface area contributed by atoms with Crippen molar-refractivity contribution < 1.29 is 84.2 Å². The van der Waals surface area contributed by atoms with E-state index >= 15 is 0 Å². The van der Waals surface area contributed by atoms with E-state index in [1.165, 1.54) is 0 Å². The first kappa shape index (κ1) is 49.9. The van der Waals surface area contributed by atoms with Gasteiger partial charge in [-0.05, 0) is 0 Å². The summed E-state index contributed by atoms with van der Waals surface area (Å²) in [6.07, 6.45) is 0. The van der Waals surface area contributed by atoms with Crippen LogP contribution in [0, 0.1) is 0 Å². The van der Waals surface area contributed by atoms with Gasteiger partial charge in [0, 0.05) is 84.2 Å². The van der Waals surface area contributed by atoms with Gasteiger partial charge >= 0.3 is 0 Å². The minimum Gasteiger partial charge on any atom is 0 e. The zero-order valence-corrected chi connectivity index (χ0v) is 6.77. The van der Waals surface area contributed by atoms with Crippen LogP contribution in [-0.4, -0.2) is 0 Å². The normalized spacial score (nSPS) is 0. The third-order valence-electron chi connectivity index (χ3n) is 0. The van der Waals surface area contributed by atoms with Crippen LogP contribution in [0.5, 0.6) is 0 Å². The standard InChI is InChI=1S/Cu.2Fe.2Ni. The molecule has 0 atom stereocenters. The van der Waals surface area contributed by atoms with Crippen LogP contribution in [0.4, 0.5) is 0 Å². The van der Waals surface area contributed by atoms with Gasteiger partial charge in [0.2, 0.25) is 0 Å². The SMILES string of the molecule is [Cu].[Fe].[Fe].[Ni].[Ni]. The molecule has 0 aliphatic carbocycles. The van der Waals surface area contributed by atoms with Crippen molar-refractivity contribution >= 4 is 0 Å². The van der Waals surface area contributed by atoms with Crippen LogP contribution in [0.1, 0.15) is 0 Å². The fraction of sp³-hybridized carbons (Fsp3) is 0. The van der Waals surface area contributed by atoms with Crippen molar-refractivity contribution in [1.29, 1.82) is 0 Å². The molecule has 5 heavy (non-hydrogen) atoms. The number of rotatable bonds is 0. The van der Waals surface area contributed by atoms with Gasteiger partial charge in [0.05, 0.1) is 0 Å². The van der Waals surface area contributed by atoms with Crippen LogP contribution in [-0.2, 0) is 84.2 Å². The summed E-state index contributed by atoms with van der Waals surface area (Å²) >= 11 is 0. The minimum absolute atomic E-state index is 0. The summed E-state index contributed by atoms with van der Waals surface area (Å²) in [5, 5.41) is 0. The fourth-order valence-electron chi connectivity index (χ4n) is 0. The van der Waals surface area contributed by atoms with Crippen LogP contribution in [0.15, 0.2) is 0 Å². The van der Waals surface area contributed by atoms with Crippen molar-refractivity contribution in [1.82, 2.24) is 0 Å². The van der Waals surface area contributed by atoms with Crippen LogP contribution in [0.25, 0.3) is 0 Å². The summed E-state index contributed by atoms with van der Waals surface area (Å²) in [5.41, 5.74) is 0. The molecule has 1 radical (unpaired) electrons. The Balaban J connectivity index is 0. The van der Waals surface area contributed by atoms with Crippen LogP contribution in [0.2, 0.25) is 0 Å². The van der Waals surface area contributed by atoms with Crippen LogP contribution >= 0.6 is 0 Å². The second kappa shape index (κ2) is 31.1. The quantitative estimate of drug-likeness (QED) is 0.551. The van der Waals surface area contributed by atoms with Crippen molar-refractivity contribution in [2.75, 3.05) is 0 Å². The summed E-state index contributed by atoms with van der Waals surface area (Å²) in [7, 11) is 0. The van der Waals surface area contributed by atoms with E-state index in [2.05, 4.69) is 0 Å². The molecule has 0 bridgehead atoms. The topological polar surface area (TPSA) is 0 Å². The van der Waals surface area contributed by atoms with Gasteiger partial charge in [-0.25, -0.2) is 0 Å². The van der Waals surface area contributed by atoms with Gasteiger partial charge in [0.25, 0.3) is 0 Å². The van der Waals surface area contributed by atoms with Gasteiger partial charge in [-0.3, -0.25) is 0 Å². The molecule has 0 spiro atoms. The molecule has 47 valence electrons. The zero-order chi connectivity index (χ0) is 0. The predicted octanol–water partition coefficient (Wildman–Crippen LogP) is -0.0125. The molecule has 0 rings (SSSR count). The summed E-state index contributed by atoms with van der Waals surface area (Å²) in [6, 6.07) is 0. The Bertz CT molecular complexity index is 7.61. The summed E-state index contributed by atoms with van der Waals surface area (Å²) in [4.78, 5) is 0. The molecule has 0 nitrogen and oxygen atoms in total. The smallest absolute Gasteiger partial charge is 0 e. The largest absolute Gasteiger partial charge is 0 e. The summed E-state index contributed by atoms with van der Waals surface area (Å²) < 4.78 is 0. The summed E-state index contributed by atoms with van der Waals surface area (Å²) in [5.74, 6) is 0. The molecule has 0 aromatic carbocycles. The Morgan fingerprint density at radius 3 is 0.600 bits per heavy atom. The first-order valence-corrected chi connectivity index (χ1v) is 0. The third kappa shape index (κ3) is 20.9. The minimum atomic E-state index is 0. The van der Waals surface area contributed by atoms with E-state index in [9.17, 15) is 0 Å². The van der Waals surface area contributed by atoms with E-state index in [0.29, 0.717) is 0 Å². The molecule has 0 heterocycles. The molecule has 0 fully saturated rings. The molecular weight excluding hydrogens is 293 g/mol. The van der Waals surface area contributed by atoms with E-state index in [4.69, 9.17) is 0 Å². The molecule has 5 heteroatoms. The van der Waals surface area contributed by atoms with Crippen LogP contribution < -0.4 is 0 Å². The van der Waals surface area contributed by atoms with Crippen molar-refractivity contribution in [3.05, 3.63) is 0 Å². The first-order chi connectivity index (χ1) is 0. The Kier molecular flexibility index (Phi) is 310. The predicted molar refractivity (Wildman–Crippen MR) is 0 cm³/mol. The van der Waals surface area contributed by atoms with Gasteiger partial charge in [-0.2, -0.15) is 0 Å². The molecule has 0 unspecified atom stereocenters. The maximum Gasteiger partial charge on any atom is 0 e. The second-order valence-electron chi connectivity index (χ2n) is 0. The average Bonchev–Trinajstić information content (AvgIpc) is 0.